The standard InChI is InChI=1S/C68H77ClN6O12.Na/c1-43-44(2)64-49(35-53(65(64)79)46-20-12-13-21-46)36-59(43)86-39-45-19-18-22-47(33-45)48-24-29-58(54(34-48)68(82)83)87-42-62(77)72-32-16-11-9-7-5-4-6-8-10-15-31-71-61(76)40-85-41-63(78)73-50-25-27-52(55(69)37-50)66(80)75-56-28-26-51(38-60(56)84-3)74-67(81)57-23-14-17-30-70-57;/h14,17-19,22-30,33-34,36-38,46,53H,4-13,15-16,20-21,31-32,35,39-42H2,1-3H3,(H,71,76)(H,72,77)(H,73,78)(H,74,81)(H,75,80)(H,82,83);/q;+1/p-1. The van der Waals surface area contributed by atoms with Crippen molar-refractivity contribution >= 4 is 70.0 Å². The number of halogens is 1. The van der Waals surface area contributed by atoms with Crippen molar-refractivity contribution in [1.82, 2.24) is 15.6 Å². The number of hydrogen-bond donors (Lipinski definition) is 5. The van der Waals surface area contributed by atoms with E-state index in [-0.39, 0.29) is 94.7 Å². The Hall–Kier alpha value is -7.61. The topological polar surface area (TPSA) is 253 Å². The fraction of sp³-hybridized carbons (Fsp3) is 0.382. The molecule has 5 N–H and O–H groups in total. The number of anilines is 3. The summed E-state index contributed by atoms with van der Waals surface area (Å²) < 4.78 is 22.8. The molecular weight excluding hydrogens is 1150 g/mol. The van der Waals surface area contributed by atoms with Crippen LogP contribution >= 0.6 is 11.6 Å². The summed E-state index contributed by atoms with van der Waals surface area (Å²) in [6, 6.07) is 28.7. The third-order valence-electron chi connectivity index (χ3n) is 16.0. The van der Waals surface area contributed by atoms with Gasteiger partial charge < -0.3 is 55.4 Å². The fourth-order valence-electron chi connectivity index (χ4n) is 11.2. The Morgan fingerprint density at radius 2 is 1.27 bits per heavy atom. The van der Waals surface area contributed by atoms with Crippen LogP contribution in [-0.4, -0.2) is 86.3 Å². The van der Waals surface area contributed by atoms with Crippen molar-refractivity contribution in [2.75, 3.05) is 56.0 Å². The van der Waals surface area contributed by atoms with Gasteiger partial charge in [0.2, 0.25) is 11.8 Å². The second kappa shape index (κ2) is 34.2. The van der Waals surface area contributed by atoms with Crippen LogP contribution in [0.4, 0.5) is 17.1 Å². The molecule has 6 aromatic rings. The molecule has 1 unspecified atom stereocenters. The van der Waals surface area contributed by atoms with Crippen LogP contribution in [0.25, 0.3) is 11.1 Å². The van der Waals surface area contributed by atoms with Crippen LogP contribution in [0.15, 0.2) is 109 Å². The van der Waals surface area contributed by atoms with Crippen molar-refractivity contribution in [3.63, 3.8) is 0 Å². The summed E-state index contributed by atoms with van der Waals surface area (Å²) >= 11 is 6.43. The van der Waals surface area contributed by atoms with Gasteiger partial charge in [0.15, 0.2) is 12.4 Å². The van der Waals surface area contributed by atoms with Crippen LogP contribution in [0.5, 0.6) is 17.2 Å². The zero-order valence-corrected chi connectivity index (χ0v) is 53.4. The Balaban J connectivity index is 0.0000110. The molecule has 5 aromatic carbocycles. The number of nitrogens with zero attached hydrogens (tertiary/aromatic N) is 1. The molecule has 458 valence electrons. The van der Waals surface area contributed by atoms with Crippen LogP contribution in [-0.2, 0) is 32.1 Å². The average Bonchev–Trinajstić information content (AvgIpc) is 1.77. The molecule has 1 atom stereocenters. The molecule has 0 radical (unpaired) electrons. The number of ether oxygens (including phenoxy) is 4. The van der Waals surface area contributed by atoms with E-state index in [2.05, 4.69) is 37.6 Å². The van der Waals surface area contributed by atoms with Crippen molar-refractivity contribution < 1.29 is 87.2 Å². The molecule has 18 nitrogen and oxygen atoms in total. The van der Waals surface area contributed by atoms with Gasteiger partial charge in [0, 0.05) is 53.8 Å². The molecule has 1 aromatic heterocycles. The van der Waals surface area contributed by atoms with Gasteiger partial charge in [-0.3, -0.25) is 33.8 Å². The summed E-state index contributed by atoms with van der Waals surface area (Å²) in [5.74, 6) is -1.57. The molecule has 88 heavy (non-hydrogen) atoms. The number of carboxylic acid groups (broad SMARTS) is 1. The molecule has 2 aliphatic carbocycles. The predicted octanol–water partition coefficient (Wildman–Crippen LogP) is 8.19. The molecule has 20 heteroatoms. The number of carbonyl (C=O) groups is 7. The number of unbranched alkanes of at least 4 members (excludes halogenated alkanes) is 9. The second-order valence-corrected chi connectivity index (χ2v) is 22.6. The number of aromatic nitrogens is 1. The van der Waals surface area contributed by atoms with E-state index in [1.54, 1.807) is 48.5 Å². The number of rotatable bonds is 32. The summed E-state index contributed by atoms with van der Waals surface area (Å²) in [6.07, 6.45) is 17.1. The Morgan fingerprint density at radius 1 is 0.614 bits per heavy atom. The number of hydrogen-bond acceptors (Lipinski definition) is 13. The average molecular weight is 1230 g/mol. The second-order valence-electron chi connectivity index (χ2n) is 22.2. The molecule has 2 aliphatic rings. The molecule has 0 spiro atoms. The molecule has 1 saturated carbocycles. The Morgan fingerprint density at radius 3 is 1.94 bits per heavy atom. The first-order valence-electron chi connectivity index (χ1n) is 30.0. The van der Waals surface area contributed by atoms with Gasteiger partial charge in [0.05, 0.1) is 29.4 Å². The normalized spacial score (nSPS) is 13.4. The molecule has 0 aliphatic heterocycles. The van der Waals surface area contributed by atoms with E-state index in [4.69, 9.17) is 30.5 Å². The van der Waals surface area contributed by atoms with Crippen LogP contribution < -0.4 is 75.5 Å². The van der Waals surface area contributed by atoms with E-state index < -0.39 is 23.7 Å². The SMILES string of the molecule is COc1cc(NC(=O)c2ccccn2)ccc1NC(=O)c1ccc(NC(=O)COCC(=O)NCCCCCCCCCCCCNC(=O)COc2ccc(-c3cccc(COc4cc5c(c(C)c4C)C(=O)C(C4CCCC4)C5)c3)cc2C(=O)[O-])cc1Cl.[Na+]. The third kappa shape index (κ3) is 19.4. The zero-order valence-electron chi connectivity index (χ0n) is 50.6. The first-order valence-corrected chi connectivity index (χ1v) is 30.3. The molecule has 1 fully saturated rings. The van der Waals surface area contributed by atoms with Gasteiger partial charge in [-0.25, -0.2) is 0 Å². The number of pyridine rings is 1. The minimum atomic E-state index is -1.41. The minimum Gasteiger partial charge on any atom is -0.545 e. The first-order chi connectivity index (χ1) is 42.1. The van der Waals surface area contributed by atoms with Crippen molar-refractivity contribution in [3.8, 4) is 28.4 Å². The summed E-state index contributed by atoms with van der Waals surface area (Å²) in [5, 5.41) is 26.1. The van der Waals surface area contributed by atoms with Gasteiger partial charge in [-0.2, -0.15) is 0 Å². The van der Waals surface area contributed by atoms with Crippen LogP contribution in [0, 0.1) is 25.7 Å². The van der Waals surface area contributed by atoms with Gasteiger partial charge in [-0.15, -0.1) is 0 Å². The number of nitrogens with one attached hydrogen (secondary N) is 5. The smallest absolute Gasteiger partial charge is 0.545 e. The summed E-state index contributed by atoms with van der Waals surface area (Å²) in [5.41, 5.74) is 7.58. The molecule has 0 bridgehead atoms. The fourth-order valence-corrected chi connectivity index (χ4v) is 11.5. The zero-order chi connectivity index (χ0) is 61.7. The Labute approximate surface area is 541 Å². The van der Waals surface area contributed by atoms with Crippen LogP contribution in [0.3, 0.4) is 0 Å². The van der Waals surface area contributed by atoms with Gasteiger partial charge in [-0.1, -0.05) is 106 Å². The van der Waals surface area contributed by atoms with Crippen molar-refractivity contribution in [2.24, 2.45) is 11.8 Å². The quantitative estimate of drug-likeness (QED) is 0.0198. The number of ketones is 1. The maximum atomic E-state index is 13.5. The van der Waals surface area contributed by atoms with Crippen LogP contribution in [0.1, 0.15) is 154 Å². The maximum absolute atomic E-state index is 13.5. The molecule has 0 saturated heterocycles. The van der Waals surface area contributed by atoms with E-state index in [0.717, 1.165) is 123 Å². The van der Waals surface area contributed by atoms with E-state index in [9.17, 15) is 38.7 Å². The molecular formula is C68H76ClN6NaO12. The first kappa shape index (κ1) is 67.9. The summed E-state index contributed by atoms with van der Waals surface area (Å²) in [4.78, 5) is 92.9. The molecule has 8 rings (SSSR count). The van der Waals surface area contributed by atoms with E-state index in [1.807, 2.05) is 38.1 Å². The summed E-state index contributed by atoms with van der Waals surface area (Å²) in [7, 11) is 1.43. The molecule has 1 heterocycles. The molecule has 5 amide bonds. The van der Waals surface area contributed by atoms with E-state index >= 15 is 0 Å². The number of Topliss-reactive ketones (excluding diaryl/α,β-unsaturated/α-hetero) is 1. The Bertz CT molecular complexity index is 3430. The maximum Gasteiger partial charge on any atom is 1.00 e. The third-order valence-corrected chi connectivity index (χ3v) is 16.3. The summed E-state index contributed by atoms with van der Waals surface area (Å²) in [6.45, 7) is 4.33. The van der Waals surface area contributed by atoms with Crippen molar-refractivity contribution in [2.45, 2.75) is 117 Å². The number of fused-ring (bicyclic) bond motifs is 1. The number of aromatic carboxylic acids is 1. The van der Waals surface area contributed by atoms with Gasteiger partial charge in [-0.05, 0) is 152 Å². The minimum absolute atomic E-state index is 0. The number of amides is 5. The number of benzene rings is 5. The van der Waals surface area contributed by atoms with Gasteiger partial charge in [0.1, 0.15) is 42.8 Å². The van der Waals surface area contributed by atoms with Gasteiger partial charge >= 0.3 is 29.6 Å². The number of methoxy groups -OCH3 is 1. The van der Waals surface area contributed by atoms with E-state index in [1.165, 1.54) is 50.4 Å². The van der Waals surface area contributed by atoms with Gasteiger partial charge in [0.25, 0.3) is 17.7 Å². The van der Waals surface area contributed by atoms with E-state index in [0.29, 0.717) is 59.8 Å². The van der Waals surface area contributed by atoms with Crippen molar-refractivity contribution in [1.29, 1.82) is 0 Å². The number of carboxylic acids is 1. The largest absolute Gasteiger partial charge is 1.00 e. The Kier molecular flexibility index (Phi) is 26.4. The number of carbonyl (C=O) groups excluding carboxylic acids is 7. The van der Waals surface area contributed by atoms with Crippen LogP contribution in [0.2, 0.25) is 5.02 Å². The monoisotopic (exact) mass is 1230 g/mol. The predicted molar refractivity (Wildman–Crippen MR) is 332 cm³/mol. The van der Waals surface area contributed by atoms with Crippen molar-refractivity contribution in [3.05, 3.63) is 159 Å².